The maximum atomic E-state index is 12.7. The van der Waals surface area contributed by atoms with Gasteiger partial charge in [-0.15, -0.1) is 0 Å². The maximum absolute atomic E-state index is 12.7. The number of rotatable bonds is 9. The van der Waals surface area contributed by atoms with Crippen LogP contribution < -0.4 is 19.6 Å². The van der Waals surface area contributed by atoms with Crippen molar-refractivity contribution < 1.29 is 27.4 Å². The number of methoxy groups -OCH3 is 3. The highest BCUT2D eigenvalue weighted by Crippen LogP contribution is 2.23. The van der Waals surface area contributed by atoms with Crippen molar-refractivity contribution in [2.75, 3.05) is 34.9 Å². The molecule has 0 aliphatic rings. The highest BCUT2D eigenvalue weighted by molar-refractivity contribution is 7.89. The number of hydrogen-bond acceptors (Lipinski definition) is 7. The molecule has 0 fully saturated rings. The molecule has 9 nitrogen and oxygen atoms in total. The van der Waals surface area contributed by atoms with Gasteiger partial charge in [-0.3, -0.25) is 4.79 Å². The standard InChI is InChI=1S/C20H25N3O6S/c1-14-10-17(7-9-18(14)28-4)30(25,26)23(2)13-20(24)22-21-12-15-11-16(27-3)6-8-19(15)29-5/h6-12H,13H2,1-5H3,(H,22,24)/b21-12-. The second-order valence-electron chi connectivity index (χ2n) is 6.29. The zero-order chi connectivity index (χ0) is 22.3. The van der Waals surface area contributed by atoms with E-state index in [9.17, 15) is 13.2 Å². The molecule has 162 valence electrons. The van der Waals surface area contributed by atoms with E-state index < -0.39 is 22.5 Å². The Bertz CT molecular complexity index is 1040. The Morgan fingerprint density at radius 2 is 1.73 bits per heavy atom. The first-order valence-electron chi connectivity index (χ1n) is 8.87. The molecule has 0 aliphatic carbocycles. The molecule has 2 aromatic carbocycles. The van der Waals surface area contributed by atoms with Crippen LogP contribution in [0, 0.1) is 6.92 Å². The van der Waals surface area contributed by atoms with Gasteiger partial charge in [-0.25, -0.2) is 13.8 Å². The molecule has 0 saturated carbocycles. The van der Waals surface area contributed by atoms with Crippen LogP contribution in [-0.2, 0) is 14.8 Å². The maximum Gasteiger partial charge on any atom is 0.255 e. The molecule has 0 aliphatic heterocycles. The van der Waals surface area contributed by atoms with Crippen LogP contribution in [-0.4, -0.2) is 59.8 Å². The third-order valence-electron chi connectivity index (χ3n) is 4.27. The highest BCUT2D eigenvalue weighted by atomic mass is 32.2. The third kappa shape index (κ3) is 5.49. The minimum atomic E-state index is -3.85. The Labute approximate surface area is 176 Å². The number of nitrogens with one attached hydrogen (secondary N) is 1. The van der Waals surface area contributed by atoms with E-state index in [0.29, 0.717) is 28.4 Å². The van der Waals surface area contributed by atoms with Crippen molar-refractivity contribution in [3.05, 3.63) is 47.5 Å². The van der Waals surface area contributed by atoms with Gasteiger partial charge in [0.25, 0.3) is 5.91 Å². The Morgan fingerprint density at radius 3 is 2.33 bits per heavy atom. The van der Waals surface area contributed by atoms with Crippen LogP contribution in [0.2, 0.25) is 0 Å². The molecule has 2 rings (SSSR count). The predicted octanol–water partition coefficient (Wildman–Crippen LogP) is 1.79. The molecule has 1 N–H and O–H groups in total. The molecular formula is C20H25N3O6S. The predicted molar refractivity (Wildman–Crippen MR) is 113 cm³/mol. The minimum Gasteiger partial charge on any atom is -0.497 e. The lowest BCUT2D eigenvalue weighted by atomic mass is 10.2. The Hall–Kier alpha value is -3.11. The van der Waals surface area contributed by atoms with Gasteiger partial charge in [-0.2, -0.15) is 9.41 Å². The Balaban J connectivity index is 2.05. The van der Waals surface area contributed by atoms with E-state index in [1.807, 2.05) is 0 Å². The quantitative estimate of drug-likeness (QED) is 0.475. The van der Waals surface area contributed by atoms with Gasteiger partial charge in [-0.05, 0) is 48.9 Å². The molecule has 0 spiro atoms. The average molecular weight is 436 g/mol. The van der Waals surface area contributed by atoms with Gasteiger partial charge in [0, 0.05) is 12.6 Å². The van der Waals surface area contributed by atoms with Crippen molar-refractivity contribution in [2.24, 2.45) is 5.10 Å². The fraction of sp³-hybridized carbons (Fsp3) is 0.300. The van der Waals surface area contributed by atoms with Gasteiger partial charge in [0.2, 0.25) is 10.0 Å². The monoisotopic (exact) mass is 435 g/mol. The van der Waals surface area contributed by atoms with E-state index in [0.717, 1.165) is 4.31 Å². The number of amides is 1. The molecule has 0 radical (unpaired) electrons. The highest BCUT2D eigenvalue weighted by Gasteiger charge is 2.23. The first-order valence-corrected chi connectivity index (χ1v) is 10.3. The van der Waals surface area contributed by atoms with Gasteiger partial charge in [-0.1, -0.05) is 0 Å². The van der Waals surface area contributed by atoms with Crippen molar-refractivity contribution >= 4 is 22.1 Å². The van der Waals surface area contributed by atoms with E-state index in [2.05, 4.69) is 10.5 Å². The average Bonchev–Trinajstić information content (AvgIpc) is 2.73. The number of sulfonamides is 1. The summed E-state index contributed by atoms with van der Waals surface area (Å²) in [5.74, 6) is 1.13. The zero-order valence-electron chi connectivity index (χ0n) is 17.5. The summed E-state index contributed by atoms with van der Waals surface area (Å²) in [6, 6.07) is 9.63. The lowest BCUT2D eigenvalue weighted by Crippen LogP contribution is -2.36. The van der Waals surface area contributed by atoms with Crippen LogP contribution in [0.5, 0.6) is 17.2 Å². The van der Waals surface area contributed by atoms with Gasteiger partial charge >= 0.3 is 0 Å². The molecule has 0 saturated heterocycles. The zero-order valence-corrected chi connectivity index (χ0v) is 18.3. The Kier molecular flexibility index (Phi) is 7.79. The Morgan fingerprint density at radius 1 is 1.07 bits per heavy atom. The molecule has 1 amide bonds. The summed E-state index contributed by atoms with van der Waals surface area (Å²) in [5, 5.41) is 3.87. The first kappa shape index (κ1) is 23.2. The first-order chi connectivity index (χ1) is 14.2. The van der Waals surface area contributed by atoms with Gasteiger partial charge in [0.05, 0.1) is 39.0 Å². The van der Waals surface area contributed by atoms with Crippen molar-refractivity contribution in [3.63, 3.8) is 0 Å². The number of hydrazone groups is 1. The fourth-order valence-electron chi connectivity index (χ4n) is 2.63. The second kappa shape index (κ2) is 10.1. The largest absolute Gasteiger partial charge is 0.497 e. The molecule has 0 aromatic heterocycles. The van der Waals surface area contributed by atoms with Gasteiger partial charge < -0.3 is 14.2 Å². The molecule has 30 heavy (non-hydrogen) atoms. The summed E-state index contributed by atoms with van der Waals surface area (Å²) >= 11 is 0. The van der Waals surface area contributed by atoms with Crippen LogP contribution in [0.1, 0.15) is 11.1 Å². The lowest BCUT2D eigenvalue weighted by Gasteiger charge is -2.17. The summed E-state index contributed by atoms with van der Waals surface area (Å²) in [5.41, 5.74) is 3.58. The number of hydrogen-bond donors (Lipinski definition) is 1. The summed E-state index contributed by atoms with van der Waals surface area (Å²) in [6.07, 6.45) is 1.39. The molecule has 0 heterocycles. The van der Waals surface area contributed by atoms with E-state index >= 15 is 0 Å². The van der Waals surface area contributed by atoms with Crippen LogP contribution in [0.3, 0.4) is 0 Å². The van der Waals surface area contributed by atoms with Crippen LogP contribution in [0.4, 0.5) is 0 Å². The minimum absolute atomic E-state index is 0.0701. The fourth-order valence-corrected chi connectivity index (χ4v) is 3.84. The summed E-state index contributed by atoms with van der Waals surface area (Å²) in [7, 11) is 2.03. The van der Waals surface area contributed by atoms with Crippen molar-refractivity contribution in [3.8, 4) is 17.2 Å². The SMILES string of the molecule is COc1ccc(OC)c(/C=N\NC(=O)CN(C)S(=O)(=O)c2ccc(OC)c(C)c2)c1. The van der Waals surface area contributed by atoms with E-state index in [-0.39, 0.29) is 4.90 Å². The number of aryl methyl sites for hydroxylation is 1. The second-order valence-corrected chi connectivity index (χ2v) is 8.34. The third-order valence-corrected chi connectivity index (χ3v) is 6.07. The molecular weight excluding hydrogens is 410 g/mol. The summed E-state index contributed by atoms with van der Waals surface area (Å²) in [6.45, 7) is 1.34. The van der Waals surface area contributed by atoms with Crippen LogP contribution in [0.15, 0.2) is 46.4 Å². The normalized spacial score (nSPS) is 11.5. The number of likely N-dealkylation sites (N-methyl/N-ethyl adjacent to an activating group) is 1. The van der Waals surface area contributed by atoms with Gasteiger partial charge in [0.15, 0.2) is 0 Å². The number of benzene rings is 2. The summed E-state index contributed by atoms with van der Waals surface area (Å²) in [4.78, 5) is 12.2. The lowest BCUT2D eigenvalue weighted by molar-refractivity contribution is -0.121. The number of carbonyl (C=O) groups excluding carboxylic acids is 1. The van der Waals surface area contributed by atoms with E-state index in [4.69, 9.17) is 14.2 Å². The molecule has 0 unspecified atom stereocenters. The van der Waals surface area contributed by atoms with Crippen LogP contribution >= 0.6 is 0 Å². The van der Waals surface area contributed by atoms with Crippen LogP contribution in [0.25, 0.3) is 0 Å². The number of nitrogens with zero attached hydrogens (tertiary/aromatic N) is 2. The van der Waals surface area contributed by atoms with E-state index in [1.54, 1.807) is 31.2 Å². The molecule has 10 heteroatoms. The van der Waals surface area contributed by atoms with Crippen molar-refractivity contribution in [1.82, 2.24) is 9.73 Å². The smallest absolute Gasteiger partial charge is 0.255 e. The number of carbonyl (C=O) groups is 1. The summed E-state index contributed by atoms with van der Waals surface area (Å²) < 4.78 is 41.9. The van der Waals surface area contributed by atoms with E-state index in [1.165, 1.54) is 46.7 Å². The van der Waals surface area contributed by atoms with Gasteiger partial charge in [0.1, 0.15) is 17.2 Å². The molecule has 2 aromatic rings. The topological polar surface area (TPSA) is 107 Å². The van der Waals surface area contributed by atoms with Crippen molar-refractivity contribution in [1.29, 1.82) is 0 Å². The molecule has 0 bridgehead atoms. The molecule has 0 atom stereocenters. The number of ether oxygens (including phenoxy) is 3. The van der Waals surface area contributed by atoms with Crippen molar-refractivity contribution in [2.45, 2.75) is 11.8 Å².